The normalized spacial score (nSPS) is 10.9. The quantitative estimate of drug-likeness (QED) is 0.692. The van der Waals surface area contributed by atoms with Crippen molar-refractivity contribution in [1.82, 2.24) is 9.38 Å². The topological polar surface area (TPSA) is 26.5 Å². The third-order valence-corrected chi connectivity index (χ3v) is 3.71. The molecular weight excluding hydrogens is 328 g/mol. The van der Waals surface area contributed by atoms with Crippen molar-refractivity contribution in [3.05, 3.63) is 52.2 Å². The number of imidazole rings is 1. The first-order valence-electron chi connectivity index (χ1n) is 5.65. The second-order valence-corrected chi connectivity index (χ2v) is 5.38. The van der Waals surface area contributed by atoms with Crippen molar-refractivity contribution in [3.8, 4) is 17.0 Å². The van der Waals surface area contributed by atoms with E-state index in [0.29, 0.717) is 5.02 Å². The van der Waals surface area contributed by atoms with Crippen molar-refractivity contribution in [3.63, 3.8) is 0 Å². The second kappa shape index (κ2) is 4.87. The highest BCUT2D eigenvalue weighted by Gasteiger charge is 2.07. The summed E-state index contributed by atoms with van der Waals surface area (Å²) in [6, 6.07) is 9.60. The molecule has 0 radical (unpaired) electrons. The minimum absolute atomic E-state index is 0.687. The summed E-state index contributed by atoms with van der Waals surface area (Å²) in [7, 11) is 1.65. The number of rotatable bonds is 2. The Bertz CT molecular complexity index is 754. The van der Waals surface area contributed by atoms with Crippen LogP contribution in [-0.4, -0.2) is 16.5 Å². The van der Waals surface area contributed by atoms with E-state index in [0.717, 1.165) is 27.1 Å². The van der Waals surface area contributed by atoms with Crippen LogP contribution in [0.4, 0.5) is 0 Å². The monoisotopic (exact) mass is 336 g/mol. The van der Waals surface area contributed by atoms with Crippen LogP contribution in [-0.2, 0) is 0 Å². The first kappa shape index (κ1) is 12.5. The summed E-state index contributed by atoms with van der Waals surface area (Å²) in [5, 5.41) is 0.687. The summed E-state index contributed by atoms with van der Waals surface area (Å²) in [6.07, 6.45) is 3.79. The fourth-order valence-corrected chi connectivity index (χ4v) is 2.64. The van der Waals surface area contributed by atoms with Crippen molar-refractivity contribution < 1.29 is 4.74 Å². The molecule has 2 aromatic heterocycles. The van der Waals surface area contributed by atoms with E-state index in [1.807, 2.05) is 47.1 Å². The van der Waals surface area contributed by atoms with E-state index < -0.39 is 0 Å². The van der Waals surface area contributed by atoms with Crippen LogP contribution in [0.1, 0.15) is 0 Å². The maximum atomic E-state index is 5.97. The summed E-state index contributed by atoms with van der Waals surface area (Å²) in [6.45, 7) is 0. The van der Waals surface area contributed by atoms with Gasteiger partial charge in [-0.3, -0.25) is 0 Å². The Morgan fingerprint density at radius 3 is 2.79 bits per heavy atom. The Kier molecular flexibility index (Phi) is 3.21. The van der Waals surface area contributed by atoms with E-state index in [2.05, 4.69) is 20.9 Å². The van der Waals surface area contributed by atoms with E-state index in [9.17, 15) is 0 Å². The number of benzene rings is 1. The number of nitrogens with zero attached hydrogens (tertiary/aromatic N) is 2. The molecule has 0 spiro atoms. The van der Waals surface area contributed by atoms with Crippen LogP contribution in [0.15, 0.2) is 47.2 Å². The summed E-state index contributed by atoms with van der Waals surface area (Å²) in [5.74, 6) is 0.801. The van der Waals surface area contributed by atoms with E-state index in [4.69, 9.17) is 16.3 Å². The molecule has 0 saturated heterocycles. The Morgan fingerprint density at radius 1 is 1.21 bits per heavy atom. The van der Waals surface area contributed by atoms with Crippen molar-refractivity contribution >= 4 is 33.2 Å². The number of methoxy groups -OCH3 is 1. The molecule has 0 fully saturated rings. The molecule has 0 unspecified atom stereocenters. The molecule has 96 valence electrons. The van der Waals surface area contributed by atoms with Gasteiger partial charge in [-0.05, 0) is 46.3 Å². The molecule has 0 N–H and O–H groups in total. The van der Waals surface area contributed by atoms with E-state index in [1.165, 1.54) is 0 Å². The third-order valence-electron chi connectivity index (χ3n) is 2.86. The first-order valence-corrected chi connectivity index (χ1v) is 6.82. The minimum atomic E-state index is 0.687. The molecule has 0 atom stereocenters. The van der Waals surface area contributed by atoms with Crippen LogP contribution in [0, 0.1) is 0 Å². The van der Waals surface area contributed by atoms with Gasteiger partial charge in [0.15, 0.2) is 0 Å². The van der Waals surface area contributed by atoms with Crippen molar-refractivity contribution in [2.24, 2.45) is 0 Å². The van der Waals surface area contributed by atoms with Gasteiger partial charge >= 0.3 is 0 Å². The van der Waals surface area contributed by atoms with Gasteiger partial charge in [-0.2, -0.15) is 0 Å². The highest BCUT2D eigenvalue weighted by molar-refractivity contribution is 9.10. The molecule has 0 aliphatic carbocycles. The van der Waals surface area contributed by atoms with Crippen LogP contribution in [0.25, 0.3) is 16.9 Å². The molecule has 0 aliphatic heterocycles. The zero-order valence-electron chi connectivity index (χ0n) is 10.1. The molecular formula is C14H10BrClN2O. The van der Waals surface area contributed by atoms with Crippen molar-refractivity contribution in [1.29, 1.82) is 0 Å². The number of fused-ring (bicyclic) bond motifs is 1. The third kappa shape index (κ3) is 2.33. The lowest BCUT2D eigenvalue weighted by Crippen LogP contribution is -1.85. The lowest BCUT2D eigenvalue weighted by atomic mass is 10.2. The van der Waals surface area contributed by atoms with Crippen LogP contribution in [0.5, 0.6) is 5.75 Å². The van der Waals surface area contributed by atoms with Gasteiger partial charge in [0.1, 0.15) is 11.4 Å². The lowest BCUT2D eigenvalue weighted by Gasteiger charge is -2.04. The fourth-order valence-electron chi connectivity index (χ4n) is 1.93. The number of aromatic nitrogens is 2. The van der Waals surface area contributed by atoms with Crippen LogP contribution in [0.2, 0.25) is 5.02 Å². The largest absolute Gasteiger partial charge is 0.496 e. The average Bonchev–Trinajstić information content (AvgIpc) is 2.81. The van der Waals surface area contributed by atoms with Gasteiger partial charge in [0.2, 0.25) is 0 Å². The van der Waals surface area contributed by atoms with Crippen molar-refractivity contribution in [2.45, 2.75) is 0 Å². The second-order valence-electron chi connectivity index (χ2n) is 4.09. The Balaban J connectivity index is 2.11. The van der Waals surface area contributed by atoms with Crippen molar-refractivity contribution in [2.75, 3.05) is 7.11 Å². The smallest absolute Gasteiger partial charge is 0.137 e. The van der Waals surface area contributed by atoms with Gasteiger partial charge in [0.25, 0.3) is 0 Å². The highest BCUT2D eigenvalue weighted by Crippen LogP contribution is 2.30. The molecule has 19 heavy (non-hydrogen) atoms. The Labute approximate surface area is 123 Å². The van der Waals surface area contributed by atoms with E-state index in [-0.39, 0.29) is 0 Å². The molecule has 0 bridgehead atoms. The molecule has 5 heteroatoms. The number of ether oxygens (including phenoxy) is 1. The summed E-state index contributed by atoms with van der Waals surface area (Å²) < 4.78 is 8.04. The average molecular weight is 338 g/mol. The van der Waals surface area contributed by atoms with Gasteiger partial charge in [-0.15, -0.1) is 0 Å². The zero-order chi connectivity index (χ0) is 13.4. The molecule has 3 nitrogen and oxygen atoms in total. The van der Waals surface area contributed by atoms with Crippen LogP contribution < -0.4 is 4.74 Å². The number of pyridine rings is 1. The fraction of sp³-hybridized carbons (Fsp3) is 0.0714. The highest BCUT2D eigenvalue weighted by atomic mass is 79.9. The summed E-state index contributed by atoms with van der Waals surface area (Å²) >= 11 is 9.45. The SMILES string of the molecule is COc1ccc(-c2cn3cc(Cl)ccc3n2)cc1Br. The molecule has 0 aliphatic rings. The first-order chi connectivity index (χ1) is 9.17. The van der Waals surface area contributed by atoms with Gasteiger partial charge in [-0.25, -0.2) is 4.98 Å². The molecule has 0 amide bonds. The Morgan fingerprint density at radius 2 is 2.05 bits per heavy atom. The molecule has 3 rings (SSSR count). The predicted molar refractivity (Wildman–Crippen MR) is 79.9 cm³/mol. The lowest BCUT2D eigenvalue weighted by molar-refractivity contribution is 0.412. The standard InChI is InChI=1S/C14H10BrClN2O/c1-19-13-4-2-9(6-11(13)15)12-8-18-7-10(16)3-5-14(18)17-12/h2-8H,1H3. The zero-order valence-corrected chi connectivity index (χ0v) is 12.4. The molecule has 1 aromatic carbocycles. The Hall–Kier alpha value is -1.52. The maximum Gasteiger partial charge on any atom is 0.137 e. The van der Waals surface area contributed by atoms with E-state index >= 15 is 0 Å². The maximum absolute atomic E-state index is 5.97. The summed E-state index contributed by atoms with van der Waals surface area (Å²) in [5.41, 5.74) is 2.78. The van der Waals surface area contributed by atoms with E-state index in [1.54, 1.807) is 7.11 Å². The number of halogens is 2. The predicted octanol–water partition coefficient (Wildman–Crippen LogP) is 4.43. The molecule has 3 aromatic rings. The molecule has 0 saturated carbocycles. The minimum Gasteiger partial charge on any atom is -0.496 e. The van der Waals surface area contributed by atoms with Crippen LogP contribution >= 0.6 is 27.5 Å². The van der Waals surface area contributed by atoms with Gasteiger partial charge < -0.3 is 9.14 Å². The van der Waals surface area contributed by atoms with Gasteiger partial charge in [0.05, 0.1) is 22.3 Å². The van der Waals surface area contributed by atoms with Crippen LogP contribution in [0.3, 0.4) is 0 Å². The summed E-state index contributed by atoms with van der Waals surface area (Å²) in [4.78, 5) is 4.56. The number of hydrogen-bond acceptors (Lipinski definition) is 2. The number of hydrogen-bond donors (Lipinski definition) is 0. The molecule has 2 heterocycles. The van der Waals surface area contributed by atoms with Gasteiger partial charge in [0, 0.05) is 18.0 Å². The van der Waals surface area contributed by atoms with Gasteiger partial charge in [-0.1, -0.05) is 11.6 Å².